The molecule has 4 aromatic heterocycles. The second kappa shape index (κ2) is 20.0. The fraction of sp³-hybridized carbons (Fsp3) is 0.385. The third-order valence-corrected chi connectivity index (χ3v) is 13.1. The Morgan fingerprint density at radius 1 is 0.788 bits per heavy atom. The molecule has 9 rings (SSSR count). The standard InChI is InChI=1S/C34H40N4O5.C18H19N3O.ClH/c1-23-37(21-25-15-16-29-30(31(25)39)27-13-9-10-14-28(27)36(29)5)17-18-38(23)22-42-32(40)26(19-24-11-7-6-8-12-24)20-35-33(41)43-34(2,3)4;1-12-19-9-10-21(12)11-13-7-8-16-17(18(13)22)14-5-3-4-6-15(14)20(16)2;/h6-14,17-18,25-26H,15-16,19-22H2,1-5H3;3-6,9-10,13H,7-8,11H2,1-2H3;1H/p+1. The Kier molecular flexibility index (Phi) is 14.4. The highest BCUT2D eigenvalue weighted by atomic mass is 35.5. The van der Waals surface area contributed by atoms with Gasteiger partial charge in [-0.15, -0.1) is 12.4 Å². The lowest BCUT2D eigenvalue weighted by Crippen LogP contribution is -2.42. The lowest BCUT2D eigenvalue weighted by atomic mass is 9.85. The second-order valence-electron chi connectivity index (χ2n) is 18.5. The molecule has 7 aromatic rings. The minimum atomic E-state index is -0.639. The molecule has 3 atom stereocenters. The Bertz CT molecular complexity index is 2880. The number of aryl methyl sites for hydroxylation is 3. The number of benzene rings is 3. The van der Waals surface area contributed by atoms with Crippen LogP contribution in [0.4, 0.5) is 4.79 Å². The van der Waals surface area contributed by atoms with E-state index in [0.29, 0.717) is 13.0 Å². The number of amides is 1. The van der Waals surface area contributed by atoms with Gasteiger partial charge >= 0.3 is 12.1 Å². The van der Waals surface area contributed by atoms with Gasteiger partial charge in [0.05, 0.1) is 11.8 Å². The lowest BCUT2D eigenvalue weighted by molar-refractivity contribution is -0.732. The van der Waals surface area contributed by atoms with E-state index in [2.05, 4.69) is 53.8 Å². The van der Waals surface area contributed by atoms with Crippen molar-refractivity contribution in [2.45, 2.75) is 92.1 Å². The molecule has 2 aliphatic rings. The molecule has 14 heteroatoms. The number of carbonyl (C=O) groups is 4. The first kappa shape index (κ1) is 47.5. The molecule has 66 heavy (non-hydrogen) atoms. The first-order valence-electron chi connectivity index (χ1n) is 22.6. The number of ether oxygens (including phenoxy) is 2. The van der Waals surface area contributed by atoms with Gasteiger partial charge in [0.25, 0.3) is 5.82 Å². The maximum atomic E-state index is 13.7. The van der Waals surface area contributed by atoms with E-state index >= 15 is 0 Å². The average Bonchev–Trinajstić information content (AvgIpc) is 4.03. The number of halogens is 1. The van der Waals surface area contributed by atoms with Gasteiger partial charge in [-0.3, -0.25) is 14.4 Å². The van der Waals surface area contributed by atoms with Crippen LogP contribution in [0.5, 0.6) is 0 Å². The van der Waals surface area contributed by atoms with Crippen LogP contribution in [-0.4, -0.2) is 59.0 Å². The predicted molar refractivity (Wildman–Crippen MR) is 256 cm³/mol. The quantitative estimate of drug-likeness (QED) is 0.102. The van der Waals surface area contributed by atoms with Crippen LogP contribution in [0.3, 0.4) is 0 Å². The zero-order valence-corrected chi connectivity index (χ0v) is 39.8. The number of fused-ring (bicyclic) bond motifs is 6. The van der Waals surface area contributed by atoms with Crippen molar-refractivity contribution in [1.82, 2.24) is 28.6 Å². The van der Waals surface area contributed by atoms with Gasteiger partial charge in [0.2, 0.25) is 6.73 Å². The van der Waals surface area contributed by atoms with Crippen LogP contribution in [0, 0.1) is 31.6 Å². The van der Waals surface area contributed by atoms with Gasteiger partial charge in [0, 0.05) is 96.7 Å². The molecule has 0 bridgehead atoms. The molecule has 346 valence electrons. The van der Waals surface area contributed by atoms with Crippen LogP contribution in [0.1, 0.15) is 82.9 Å². The third-order valence-electron chi connectivity index (χ3n) is 13.1. The number of Topliss-reactive ketones (excluding diaryl/α,β-unsaturated/α-hetero) is 2. The number of para-hydroxylation sites is 2. The van der Waals surface area contributed by atoms with E-state index in [-0.39, 0.29) is 49.1 Å². The summed E-state index contributed by atoms with van der Waals surface area (Å²) in [6.07, 6.45) is 10.9. The zero-order valence-electron chi connectivity index (χ0n) is 39.0. The second-order valence-corrected chi connectivity index (χ2v) is 18.5. The van der Waals surface area contributed by atoms with Crippen molar-refractivity contribution < 1.29 is 33.2 Å². The summed E-state index contributed by atoms with van der Waals surface area (Å²) >= 11 is 0. The van der Waals surface area contributed by atoms with Gasteiger partial charge in [-0.05, 0) is 77.5 Å². The zero-order chi connectivity index (χ0) is 46.0. The summed E-state index contributed by atoms with van der Waals surface area (Å²) < 4.78 is 21.4. The minimum Gasteiger partial charge on any atom is -0.444 e. The van der Waals surface area contributed by atoms with Crippen LogP contribution in [0.15, 0.2) is 104 Å². The van der Waals surface area contributed by atoms with E-state index in [1.54, 1.807) is 27.0 Å². The van der Waals surface area contributed by atoms with E-state index in [0.717, 1.165) is 88.1 Å². The molecular formula is C52H61ClN7O6+. The Morgan fingerprint density at radius 2 is 1.33 bits per heavy atom. The van der Waals surface area contributed by atoms with Crippen LogP contribution in [-0.2, 0) is 67.4 Å². The first-order chi connectivity index (χ1) is 31.2. The predicted octanol–water partition coefficient (Wildman–Crippen LogP) is 8.46. The molecule has 0 saturated carbocycles. The van der Waals surface area contributed by atoms with Crippen LogP contribution < -0.4 is 9.88 Å². The highest BCUT2D eigenvalue weighted by molar-refractivity contribution is 6.12. The van der Waals surface area contributed by atoms with Gasteiger partial charge in [-0.2, -0.15) is 4.57 Å². The van der Waals surface area contributed by atoms with E-state index in [1.165, 1.54) is 5.69 Å². The summed E-state index contributed by atoms with van der Waals surface area (Å²) in [7, 11) is 4.10. The maximum absolute atomic E-state index is 13.7. The van der Waals surface area contributed by atoms with Gasteiger partial charge in [-0.25, -0.2) is 14.3 Å². The Hall–Kier alpha value is -6.47. The number of carbonyl (C=O) groups excluding carboxylic acids is 4. The van der Waals surface area contributed by atoms with Gasteiger partial charge in [-0.1, -0.05) is 66.7 Å². The van der Waals surface area contributed by atoms with E-state index < -0.39 is 23.6 Å². The van der Waals surface area contributed by atoms with Gasteiger partial charge < -0.3 is 28.5 Å². The van der Waals surface area contributed by atoms with E-state index in [9.17, 15) is 19.2 Å². The molecule has 0 fully saturated rings. The lowest BCUT2D eigenvalue weighted by Gasteiger charge is -2.23. The van der Waals surface area contributed by atoms with Crippen LogP contribution >= 0.6 is 12.4 Å². The largest absolute Gasteiger partial charge is 0.444 e. The molecule has 0 saturated heterocycles. The number of hydrogen-bond donors (Lipinski definition) is 1. The Labute approximate surface area is 392 Å². The summed E-state index contributed by atoms with van der Waals surface area (Å²) in [6, 6.07) is 25.9. The smallest absolute Gasteiger partial charge is 0.407 e. The number of nitrogens with zero attached hydrogens (tertiary/aromatic N) is 6. The average molecular weight is 916 g/mol. The monoisotopic (exact) mass is 914 g/mol. The van der Waals surface area contributed by atoms with Crippen LogP contribution in [0.2, 0.25) is 0 Å². The molecule has 3 aromatic carbocycles. The molecular weight excluding hydrogens is 854 g/mol. The molecule has 0 spiro atoms. The molecule has 0 aliphatic heterocycles. The van der Waals surface area contributed by atoms with Crippen molar-refractivity contribution >= 4 is 57.8 Å². The van der Waals surface area contributed by atoms with Crippen molar-refractivity contribution in [2.24, 2.45) is 31.8 Å². The highest BCUT2D eigenvalue weighted by Crippen LogP contribution is 2.36. The topological polar surface area (TPSA) is 135 Å². The number of esters is 1. The molecule has 1 N–H and O–H groups in total. The number of aromatic nitrogens is 6. The molecule has 4 heterocycles. The van der Waals surface area contributed by atoms with Crippen molar-refractivity contribution in [3.05, 3.63) is 143 Å². The summed E-state index contributed by atoms with van der Waals surface area (Å²) in [5.41, 5.74) is 6.66. The maximum Gasteiger partial charge on any atom is 0.407 e. The first-order valence-corrected chi connectivity index (χ1v) is 22.6. The summed E-state index contributed by atoms with van der Waals surface area (Å²) in [6.45, 7) is 10.7. The number of imidazole rings is 2. The summed E-state index contributed by atoms with van der Waals surface area (Å²) in [4.78, 5) is 56.4. The normalized spacial score (nSPS) is 16.2. The number of hydrogen-bond acceptors (Lipinski definition) is 7. The number of alkyl carbamates (subject to hydrolysis) is 1. The SMILES string of the molecule is Cc1n(CC2CCc3c(c4ccccc4n3C)C2=O)cc[n+]1COC(=O)C(CNC(=O)OC(C)(C)C)Cc1ccccc1.Cc1nccn1CC1CCc2c(c3ccccc3n2C)C1=O.Cl. The molecule has 13 nitrogen and oxygen atoms in total. The van der Waals surface area contributed by atoms with Crippen LogP contribution in [0.25, 0.3) is 21.8 Å². The number of nitrogens with one attached hydrogen (secondary N) is 1. The van der Waals surface area contributed by atoms with Gasteiger partial charge in [0.1, 0.15) is 30.4 Å². The molecule has 1 amide bonds. The summed E-state index contributed by atoms with van der Waals surface area (Å²) in [5.74, 6) is 1.24. The number of ketones is 2. The van der Waals surface area contributed by atoms with Crippen molar-refractivity contribution in [1.29, 1.82) is 0 Å². The summed E-state index contributed by atoms with van der Waals surface area (Å²) in [5, 5.41) is 4.83. The molecule has 3 unspecified atom stereocenters. The van der Waals surface area contributed by atoms with Crippen molar-refractivity contribution in [3.8, 4) is 0 Å². The van der Waals surface area contributed by atoms with E-state index in [1.807, 2.05) is 105 Å². The number of rotatable bonds is 11. The van der Waals surface area contributed by atoms with Crippen molar-refractivity contribution in [3.63, 3.8) is 0 Å². The third kappa shape index (κ3) is 10.0. The fourth-order valence-corrected chi connectivity index (χ4v) is 9.52. The minimum absolute atomic E-state index is 0. The molecule has 2 aliphatic carbocycles. The van der Waals surface area contributed by atoms with Crippen molar-refractivity contribution in [2.75, 3.05) is 6.54 Å². The Balaban J connectivity index is 0.000000235. The fourth-order valence-electron chi connectivity index (χ4n) is 9.52. The Morgan fingerprint density at radius 3 is 1.88 bits per heavy atom. The van der Waals surface area contributed by atoms with Gasteiger partial charge in [0.15, 0.2) is 11.6 Å². The molecule has 0 radical (unpaired) electrons. The highest BCUT2D eigenvalue weighted by Gasteiger charge is 2.35. The van der Waals surface area contributed by atoms with E-state index in [4.69, 9.17) is 9.47 Å².